The Morgan fingerprint density at radius 2 is 1.80 bits per heavy atom. The summed E-state index contributed by atoms with van der Waals surface area (Å²) in [5.74, 6) is -1.18. The van der Waals surface area contributed by atoms with E-state index < -0.39 is 17.9 Å². The molecule has 5 N–H and O–H groups in total. The predicted octanol–water partition coefficient (Wildman–Crippen LogP) is 2.62. The van der Waals surface area contributed by atoms with Crippen molar-refractivity contribution in [2.75, 3.05) is 44.8 Å². The van der Waals surface area contributed by atoms with E-state index in [0.29, 0.717) is 12.2 Å². The number of methoxy groups -OCH3 is 1. The SMILES string of the molecule is CCOC(=O)C(NC(=O)c1nc(Cl)c(N)nc1N)C(CCN1CCCCC1)c1ccc(OC)cc1. The number of anilines is 2. The zero-order valence-corrected chi connectivity index (χ0v) is 20.9. The average molecular weight is 505 g/mol. The van der Waals surface area contributed by atoms with E-state index in [1.807, 2.05) is 24.3 Å². The van der Waals surface area contributed by atoms with Gasteiger partial charge in [-0.1, -0.05) is 30.2 Å². The third-order valence-corrected chi connectivity index (χ3v) is 6.38. The summed E-state index contributed by atoms with van der Waals surface area (Å²) in [7, 11) is 1.59. The van der Waals surface area contributed by atoms with Crippen molar-refractivity contribution in [1.29, 1.82) is 0 Å². The Hall–Kier alpha value is -3.11. The molecule has 1 aliphatic heterocycles. The number of hydrogen-bond donors (Lipinski definition) is 3. The zero-order valence-electron chi connectivity index (χ0n) is 20.1. The third kappa shape index (κ3) is 6.95. The van der Waals surface area contributed by atoms with Crippen molar-refractivity contribution in [1.82, 2.24) is 20.2 Å². The highest BCUT2D eigenvalue weighted by Crippen LogP contribution is 2.28. The lowest BCUT2D eigenvalue weighted by atomic mass is 9.87. The fourth-order valence-electron chi connectivity index (χ4n) is 4.26. The van der Waals surface area contributed by atoms with Crippen LogP contribution >= 0.6 is 11.6 Å². The number of hydrogen-bond acceptors (Lipinski definition) is 9. The third-order valence-electron chi connectivity index (χ3n) is 6.10. The number of aromatic nitrogens is 2. The van der Waals surface area contributed by atoms with Crippen LogP contribution in [0.1, 0.15) is 54.6 Å². The van der Waals surface area contributed by atoms with Crippen LogP contribution in [0.25, 0.3) is 0 Å². The Labute approximate surface area is 210 Å². The minimum atomic E-state index is -0.988. The molecule has 35 heavy (non-hydrogen) atoms. The maximum Gasteiger partial charge on any atom is 0.329 e. The van der Waals surface area contributed by atoms with E-state index >= 15 is 0 Å². The molecule has 2 atom stereocenters. The van der Waals surface area contributed by atoms with Crippen molar-refractivity contribution in [3.05, 3.63) is 40.7 Å². The van der Waals surface area contributed by atoms with E-state index in [1.54, 1.807) is 14.0 Å². The van der Waals surface area contributed by atoms with Crippen molar-refractivity contribution >= 4 is 35.1 Å². The van der Waals surface area contributed by atoms with Crippen LogP contribution in [0, 0.1) is 0 Å². The van der Waals surface area contributed by atoms with E-state index in [0.717, 1.165) is 38.0 Å². The molecule has 1 fully saturated rings. The number of halogens is 1. The van der Waals surface area contributed by atoms with Crippen LogP contribution in [0.15, 0.2) is 24.3 Å². The van der Waals surface area contributed by atoms with Crippen molar-refractivity contribution in [3.8, 4) is 5.75 Å². The lowest BCUT2D eigenvalue weighted by Gasteiger charge is -2.31. The van der Waals surface area contributed by atoms with E-state index in [2.05, 4.69) is 20.2 Å². The first-order valence-corrected chi connectivity index (χ1v) is 12.1. The number of piperidine rings is 1. The van der Waals surface area contributed by atoms with Crippen molar-refractivity contribution in [3.63, 3.8) is 0 Å². The Kier molecular flexibility index (Phi) is 9.50. The summed E-state index contributed by atoms with van der Waals surface area (Å²) in [5.41, 5.74) is 12.2. The molecule has 0 spiro atoms. The van der Waals surface area contributed by atoms with Crippen LogP contribution in [0.4, 0.5) is 11.6 Å². The summed E-state index contributed by atoms with van der Waals surface area (Å²) in [5, 5.41) is 2.63. The lowest BCUT2D eigenvalue weighted by molar-refractivity contribution is -0.146. The Morgan fingerprint density at radius 1 is 1.11 bits per heavy atom. The fraction of sp³-hybridized carbons (Fsp3) is 0.500. The summed E-state index contributed by atoms with van der Waals surface area (Å²) in [4.78, 5) is 36.5. The van der Waals surface area contributed by atoms with E-state index in [9.17, 15) is 9.59 Å². The maximum absolute atomic E-state index is 13.2. The van der Waals surface area contributed by atoms with Crippen LogP contribution in [-0.2, 0) is 9.53 Å². The molecule has 1 aromatic carbocycles. The Bertz CT molecular complexity index is 1010. The molecule has 2 unspecified atom stereocenters. The van der Waals surface area contributed by atoms with Gasteiger partial charge in [0.25, 0.3) is 5.91 Å². The standard InChI is InChI=1S/C24H33ClN6O4/c1-3-35-24(33)18(29-23(32)19-21(26)30-22(27)20(25)28-19)17(11-14-31-12-5-4-6-13-31)15-7-9-16(34-2)10-8-15/h7-10,17-18H,3-6,11-14H2,1-2H3,(H,29,32)(H4,26,27,30). The molecule has 1 aliphatic rings. The zero-order chi connectivity index (χ0) is 25.4. The maximum atomic E-state index is 13.2. The predicted molar refractivity (Wildman–Crippen MR) is 134 cm³/mol. The number of nitrogens with two attached hydrogens (primary N) is 2. The molecule has 1 aromatic heterocycles. The Morgan fingerprint density at radius 3 is 2.43 bits per heavy atom. The first-order valence-electron chi connectivity index (χ1n) is 11.8. The smallest absolute Gasteiger partial charge is 0.329 e. The monoisotopic (exact) mass is 504 g/mol. The summed E-state index contributed by atoms with van der Waals surface area (Å²) >= 11 is 5.96. The molecule has 0 saturated carbocycles. The molecule has 10 nitrogen and oxygen atoms in total. The highest BCUT2D eigenvalue weighted by atomic mass is 35.5. The Balaban J connectivity index is 1.92. The molecule has 1 saturated heterocycles. The van der Waals surface area contributed by atoms with Crippen LogP contribution in [-0.4, -0.2) is 66.1 Å². The van der Waals surface area contributed by atoms with Gasteiger partial charge in [-0.15, -0.1) is 0 Å². The number of rotatable bonds is 10. The van der Waals surface area contributed by atoms with Gasteiger partial charge in [-0.25, -0.2) is 14.8 Å². The van der Waals surface area contributed by atoms with Gasteiger partial charge in [0.1, 0.15) is 11.8 Å². The van der Waals surface area contributed by atoms with Gasteiger partial charge >= 0.3 is 5.97 Å². The van der Waals surface area contributed by atoms with Crippen molar-refractivity contribution in [2.24, 2.45) is 0 Å². The molecular formula is C24H33ClN6O4. The summed E-state index contributed by atoms with van der Waals surface area (Å²) in [6.07, 6.45) is 4.16. The van der Waals surface area contributed by atoms with Gasteiger partial charge in [0.15, 0.2) is 22.5 Å². The second-order valence-corrected chi connectivity index (χ2v) is 8.77. The average Bonchev–Trinajstić information content (AvgIpc) is 2.86. The van der Waals surface area contributed by atoms with Gasteiger partial charge in [0.2, 0.25) is 0 Å². The number of carbonyl (C=O) groups excluding carboxylic acids is 2. The molecule has 2 heterocycles. The first-order chi connectivity index (χ1) is 16.8. The van der Waals surface area contributed by atoms with Crippen molar-refractivity contribution < 1.29 is 19.1 Å². The van der Waals surface area contributed by atoms with E-state index in [-0.39, 0.29) is 35.0 Å². The summed E-state index contributed by atoms with van der Waals surface area (Å²) in [6, 6.07) is 6.46. The molecule has 190 valence electrons. The van der Waals surface area contributed by atoms with Gasteiger partial charge in [0, 0.05) is 5.92 Å². The molecule has 3 rings (SSSR count). The van der Waals surface area contributed by atoms with Gasteiger partial charge in [0.05, 0.1) is 13.7 Å². The summed E-state index contributed by atoms with van der Waals surface area (Å²) < 4.78 is 10.6. The van der Waals surface area contributed by atoms with Crippen LogP contribution < -0.4 is 21.5 Å². The molecule has 11 heteroatoms. The number of likely N-dealkylation sites (tertiary alicyclic amines) is 1. The van der Waals surface area contributed by atoms with Gasteiger partial charge in [-0.05, 0) is 63.5 Å². The fourth-order valence-corrected chi connectivity index (χ4v) is 4.38. The second kappa shape index (κ2) is 12.6. The van der Waals surface area contributed by atoms with Crippen LogP contribution in [0.3, 0.4) is 0 Å². The highest BCUT2D eigenvalue weighted by molar-refractivity contribution is 6.31. The topological polar surface area (TPSA) is 146 Å². The molecule has 1 amide bonds. The molecule has 0 bridgehead atoms. The van der Waals surface area contributed by atoms with Gasteiger partial charge in [-0.2, -0.15) is 0 Å². The minimum absolute atomic E-state index is 0.0831. The number of benzene rings is 1. The highest BCUT2D eigenvalue weighted by Gasteiger charge is 2.34. The molecule has 0 aliphatic carbocycles. The van der Waals surface area contributed by atoms with Crippen molar-refractivity contribution in [2.45, 2.75) is 44.6 Å². The largest absolute Gasteiger partial charge is 0.497 e. The number of carbonyl (C=O) groups is 2. The van der Waals surface area contributed by atoms with Crippen LogP contribution in [0.5, 0.6) is 5.75 Å². The number of ether oxygens (including phenoxy) is 2. The van der Waals surface area contributed by atoms with E-state index in [4.69, 9.17) is 32.5 Å². The number of nitrogens with zero attached hydrogens (tertiary/aromatic N) is 3. The number of esters is 1. The first kappa shape index (κ1) is 26.5. The normalized spacial score (nSPS) is 15.7. The molecule has 0 radical (unpaired) electrons. The molecule has 2 aromatic rings. The summed E-state index contributed by atoms with van der Waals surface area (Å²) in [6.45, 7) is 4.69. The number of nitrogens with one attached hydrogen (secondary N) is 1. The van der Waals surface area contributed by atoms with Crippen LogP contribution in [0.2, 0.25) is 5.15 Å². The second-order valence-electron chi connectivity index (χ2n) is 8.41. The minimum Gasteiger partial charge on any atom is -0.497 e. The van der Waals surface area contributed by atoms with Gasteiger partial charge < -0.3 is 31.2 Å². The van der Waals surface area contributed by atoms with E-state index in [1.165, 1.54) is 6.42 Å². The molecular weight excluding hydrogens is 472 g/mol. The number of amides is 1. The van der Waals surface area contributed by atoms with Gasteiger partial charge in [-0.3, -0.25) is 4.79 Å². The lowest BCUT2D eigenvalue weighted by Crippen LogP contribution is -2.47. The quantitative estimate of drug-likeness (QED) is 0.415. The number of nitrogen functional groups attached to an aromatic ring is 2.